The topological polar surface area (TPSA) is 44.8 Å². The van der Waals surface area contributed by atoms with Gasteiger partial charge in [-0.25, -0.2) is 4.79 Å². The molecule has 0 radical (unpaired) electrons. The van der Waals surface area contributed by atoms with E-state index in [0.717, 1.165) is 28.2 Å². The molecular formula is C25H20O4. The molecular weight excluding hydrogens is 364 g/mol. The number of ether oxygens (including phenoxy) is 3. The summed E-state index contributed by atoms with van der Waals surface area (Å²) in [7, 11) is 1.40. The first-order chi connectivity index (χ1) is 14.2. The highest BCUT2D eigenvalue weighted by Crippen LogP contribution is 2.61. The molecule has 5 rings (SSSR count). The highest BCUT2D eigenvalue weighted by Gasteiger charge is 2.58. The second-order valence-electron chi connectivity index (χ2n) is 7.24. The summed E-state index contributed by atoms with van der Waals surface area (Å²) in [5.74, 6) is 1.27. The Kier molecular flexibility index (Phi) is 3.95. The molecule has 0 fully saturated rings. The molecule has 2 heterocycles. The van der Waals surface area contributed by atoms with Crippen molar-refractivity contribution in [3.8, 4) is 11.5 Å². The Morgan fingerprint density at radius 2 is 1.41 bits per heavy atom. The lowest BCUT2D eigenvalue weighted by Crippen LogP contribution is -2.38. The fourth-order valence-corrected chi connectivity index (χ4v) is 4.59. The second kappa shape index (κ2) is 6.52. The smallest absolute Gasteiger partial charge is 0.337 e. The zero-order chi connectivity index (χ0) is 20.0. The molecule has 2 aliphatic heterocycles. The molecule has 2 aliphatic rings. The first-order valence-corrected chi connectivity index (χ1v) is 9.56. The minimum absolute atomic E-state index is 0.373. The first-order valence-electron chi connectivity index (χ1n) is 9.56. The minimum atomic E-state index is -0.916. The number of carbonyl (C=O) groups excluding carboxylic acids is 1. The lowest BCUT2D eigenvalue weighted by molar-refractivity contribution is -0.136. The molecule has 4 nitrogen and oxygen atoms in total. The van der Waals surface area contributed by atoms with Crippen LogP contribution in [0.25, 0.3) is 0 Å². The first kappa shape index (κ1) is 17.6. The van der Waals surface area contributed by atoms with Crippen LogP contribution in [-0.2, 0) is 19.9 Å². The molecule has 3 aromatic carbocycles. The van der Waals surface area contributed by atoms with Gasteiger partial charge < -0.3 is 14.2 Å². The van der Waals surface area contributed by atoms with Crippen LogP contribution in [0.3, 0.4) is 0 Å². The van der Waals surface area contributed by atoms with Crippen molar-refractivity contribution in [2.24, 2.45) is 0 Å². The molecule has 0 bridgehead atoms. The molecule has 0 saturated heterocycles. The fourth-order valence-electron chi connectivity index (χ4n) is 4.59. The number of esters is 1. The largest absolute Gasteiger partial charge is 0.481 e. The maximum absolute atomic E-state index is 12.9. The predicted octanol–water partition coefficient (Wildman–Crippen LogP) is 5.30. The van der Waals surface area contributed by atoms with Crippen molar-refractivity contribution in [1.29, 1.82) is 0 Å². The lowest BCUT2D eigenvalue weighted by atomic mass is 9.69. The number of allylic oxidation sites excluding steroid dienone is 1. The Morgan fingerprint density at radius 1 is 0.862 bits per heavy atom. The maximum atomic E-state index is 12.9. The molecule has 0 saturated carbocycles. The van der Waals surface area contributed by atoms with Gasteiger partial charge in [0.2, 0.25) is 0 Å². The summed E-state index contributed by atoms with van der Waals surface area (Å²) in [6.07, 6.45) is 0. The minimum Gasteiger partial charge on any atom is -0.481 e. The Balaban J connectivity index is 1.86. The summed E-state index contributed by atoms with van der Waals surface area (Å²) in [6.45, 7) is 1.83. The number of fused-ring (bicyclic) bond motifs is 4. The van der Waals surface area contributed by atoms with Crippen LogP contribution >= 0.6 is 0 Å². The van der Waals surface area contributed by atoms with E-state index in [1.807, 2.05) is 85.8 Å². The number of hydrogen-bond acceptors (Lipinski definition) is 4. The van der Waals surface area contributed by atoms with E-state index in [2.05, 4.69) is 0 Å². The highest BCUT2D eigenvalue weighted by molar-refractivity contribution is 5.92. The van der Waals surface area contributed by atoms with Gasteiger partial charge in [0.15, 0.2) is 5.60 Å². The fraction of sp³-hybridized carbons (Fsp3) is 0.160. The van der Waals surface area contributed by atoms with Crippen LogP contribution < -0.4 is 4.74 Å². The van der Waals surface area contributed by atoms with Crippen molar-refractivity contribution < 1.29 is 19.0 Å². The molecule has 3 aromatic rings. The van der Waals surface area contributed by atoms with E-state index in [-0.39, 0.29) is 11.9 Å². The second-order valence-corrected chi connectivity index (χ2v) is 7.24. The van der Waals surface area contributed by atoms with Gasteiger partial charge >= 0.3 is 5.97 Å². The molecule has 0 aromatic heterocycles. The zero-order valence-electron chi connectivity index (χ0n) is 16.2. The van der Waals surface area contributed by atoms with Crippen molar-refractivity contribution in [3.63, 3.8) is 0 Å². The van der Waals surface area contributed by atoms with Gasteiger partial charge in [-0.05, 0) is 24.6 Å². The van der Waals surface area contributed by atoms with E-state index in [9.17, 15) is 4.79 Å². The van der Waals surface area contributed by atoms with E-state index < -0.39 is 5.60 Å². The summed E-state index contributed by atoms with van der Waals surface area (Å²) in [5, 5.41) is 0. The monoisotopic (exact) mass is 384 g/mol. The quantitative estimate of drug-likeness (QED) is 0.563. The number of methoxy groups -OCH3 is 1. The summed E-state index contributed by atoms with van der Waals surface area (Å²) >= 11 is 0. The Morgan fingerprint density at radius 3 is 2.00 bits per heavy atom. The van der Waals surface area contributed by atoms with Crippen LogP contribution in [0.15, 0.2) is 90.2 Å². The van der Waals surface area contributed by atoms with Gasteiger partial charge in [0.25, 0.3) is 0 Å². The van der Waals surface area contributed by atoms with Gasteiger partial charge in [0, 0.05) is 11.1 Å². The van der Waals surface area contributed by atoms with Crippen LogP contribution in [0.1, 0.15) is 29.5 Å². The van der Waals surface area contributed by atoms with Crippen LogP contribution in [0, 0.1) is 0 Å². The summed E-state index contributed by atoms with van der Waals surface area (Å²) < 4.78 is 18.0. The van der Waals surface area contributed by atoms with Gasteiger partial charge in [-0.2, -0.15) is 0 Å². The Labute approximate surface area is 169 Å². The molecule has 0 aliphatic carbocycles. The van der Waals surface area contributed by atoms with E-state index in [4.69, 9.17) is 14.2 Å². The predicted molar refractivity (Wildman–Crippen MR) is 109 cm³/mol. The van der Waals surface area contributed by atoms with Gasteiger partial charge in [0.05, 0.1) is 18.6 Å². The third-order valence-corrected chi connectivity index (χ3v) is 5.72. The van der Waals surface area contributed by atoms with E-state index in [0.29, 0.717) is 11.3 Å². The third-order valence-electron chi connectivity index (χ3n) is 5.72. The molecule has 1 atom stereocenters. The van der Waals surface area contributed by atoms with Gasteiger partial charge in [-0.3, -0.25) is 0 Å². The van der Waals surface area contributed by atoms with E-state index in [1.165, 1.54) is 7.11 Å². The summed E-state index contributed by atoms with van der Waals surface area (Å²) in [6, 6.07) is 25.7. The van der Waals surface area contributed by atoms with E-state index in [1.54, 1.807) is 0 Å². The summed E-state index contributed by atoms with van der Waals surface area (Å²) in [5.41, 5.74) is 2.39. The molecule has 1 spiro atoms. The standard InChI is InChI=1S/C25H20O4/c1-16-22(24(26)27-2)23(17-10-4-3-5-11-17)25(29-16)18-12-6-8-14-20(18)28-21-15-9-7-13-19(21)25/h3-15,23H,1-2H3. The van der Waals surface area contributed by atoms with Crippen LogP contribution in [0.2, 0.25) is 0 Å². The summed E-state index contributed by atoms with van der Waals surface area (Å²) in [4.78, 5) is 12.9. The molecule has 1 unspecified atom stereocenters. The van der Waals surface area contributed by atoms with Crippen molar-refractivity contribution in [2.75, 3.05) is 7.11 Å². The number of rotatable bonds is 2. The molecule has 0 amide bonds. The van der Waals surface area contributed by atoms with Crippen LogP contribution in [-0.4, -0.2) is 13.1 Å². The van der Waals surface area contributed by atoms with E-state index >= 15 is 0 Å². The van der Waals surface area contributed by atoms with Gasteiger partial charge in [-0.1, -0.05) is 66.7 Å². The zero-order valence-corrected chi connectivity index (χ0v) is 16.2. The van der Waals surface area contributed by atoms with Crippen LogP contribution in [0.4, 0.5) is 0 Å². The normalized spacial score (nSPS) is 18.5. The Bertz CT molecular complexity index is 1080. The van der Waals surface area contributed by atoms with Gasteiger partial charge in [-0.15, -0.1) is 0 Å². The molecule has 29 heavy (non-hydrogen) atoms. The van der Waals surface area contributed by atoms with Crippen LogP contribution in [0.5, 0.6) is 11.5 Å². The average molecular weight is 384 g/mol. The average Bonchev–Trinajstić information content (AvgIpc) is 3.07. The lowest BCUT2D eigenvalue weighted by Gasteiger charge is -2.41. The highest BCUT2D eigenvalue weighted by atomic mass is 16.5. The van der Waals surface area contributed by atoms with Crippen molar-refractivity contribution in [2.45, 2.75) is 18.4 Å². The molecule has 144 valence electrons. The SMILES string of the molecule is COC(=O)C1=C(C)OC2(c3ccccc3Oc3ccccc32)C1c1ccccc1. The third kappa shape index (κ3) is 2.42. The van der Waals surface area contributed by atoms with Crippen molar-refractivity contribution in [3.05, 3.63) is 107 Å². The van der Waals surface area contributed by atoms with Crippen molar-refractivity contribution in [1.82, 2.24) is 0 Å². The number of carbonyl (C=O) groups is 1. The maximum Gasteiger partial charge on any atom is 0.337 e. The Hall–Kier alpha value is -3.53. The molecule has 0 N–H and O–H groups in total. The number of benzene rings is 3. The number of hydrogen-bond donors (Lipinski definition) is 0. The number of para-hydroxylation sites is 2. The van der Waals surface area contributed by atoms with Gasteiger partial charge in [0.1, 0.15) is 17.3 Å². The van der Waals surface area contributed by atoms with Crippen molar-refractivity contribution >= 4 is 5.97 Å². The molecule has 4 heteroatoms.